The molecule has 0 aliphatic heterocycles. The second-order valence-corrected chi connectivity index (χ2v) is 5.17. The van der Waals surface area contributed by atoms with E-state index in [0.717, 1.165) is 25.2 Å². The molecule has 2 aromatic heterocycles. The molecule has 0 radical (unpaired) electrons. The Morgan fingerprint density at radius 3 is 3.00 bits per heavy atom. The van der Waals surface area contributed by atoms with Crippen molar-refractivity contribution in [3.05, 3.63) is 58.7 Å². The van der Waals surface area contributed by atoms with Gasteiger partial charge in [-0.1, -0.05) is 6.07 Å². The van der Waals surface area contributed by atoms with Crippen LogP contribution in [0.5, 0.6) is 0 Å². The van der Waals surface area contributed by atoms with Gasteiger partial charge in [-0.25, -0.2) is 0 Å². The van der Waals surface area contributed by atoms with E-state index in [1.807, 2.05) is 18.5 Å². The highest BCUT2D eigenvalue weighted by atomic mass is 14.9. The van der Waals surface area contributed by atoms with Gasteiger partial charge in [-0.2, -0.15) is 0 Å². The second-order valence-electron chi connectivity index (χ2n) is 5.17. The van der Waals surface area contributed by atoms with E-state index in [1.165, 1.54) is 35.2 Å². The normalized spacial score (nSPS) is 13.5. The van der Waals surface area contributed by atoms with Gasteiger partial charge in [0.25, 0.3) is 0 Å². The van der Waals surface area contributed by atoms with Crippen molar-refractivity contribution in [2.75, 3.05) is 0 Å². The van der Waals surface area contributed by atoms with E-state index in [-0.39, 0.29) is 0 Å². The summed E-state index contributed by atoms with van der Waals surface area (Å²) >= 11 is 0. The van der Waals surface area contributed by atoms with E-state index in [2.05, 4.69) is 29.4 Å². The molecule has 0 spiro atoms. The number of hydrogen-bond acceptors (Lipinski definition) is 3. The van der Waals surface area contributed by atoms with Gasteiger partial charge in [0.05, 0.1) is 5.69 Å². The third-order valence-electron chi connectivity index (χ3n) is 3.75. The summed E-state index contributed by atoms with van der Waals surface area (Å²) < 4.78 is 0. The van der Waals surface area contributed by atoms with E-state index >= 15 is 0 Å². The summed E-state index contributed by atoms with van der Waals surface area (Å²) in [5.74, 6) is 0. The lowest BCUT2D eigenvalue weighted by molar-refractivity contribution is 0.672. The summed E-state index contributed by atoms with van der Waals surface area (Å²) in [6.45, 7) is 3.78. The molecular formula is C16H19N3. The maximum absolute atomic E-state index is 4.73. The van der Waals surface area contributed by atoms with Gasteiger partial charge in [-0.15, -0.1) is 0 Å². The first kappa shape index (κ1) is 12.3. The lowest BCUT2D eigenvalue weighted by Gasteiger charge is -2.08. The molecule has 2 heterocycles. The van der Waals surface area contributed by atoms with E-state index in [0.29, 0.717) is 0 Å². The maximum atomic E-state index is 4.73. The van der Waals surface area contributed by atoms with Gasteiger partial charge < -0.3 is 5.32 Å². The molecule has 1 N–H and O–H groups in total. The van der Waals surface area contributed by atoms with Crippen molar-refractivity contribution in [2.24, 2.45) is 0 Å². The molecule has 1 aliphatic rings. The zero-order chi connectivity index (χ0) is 13.1. The topological polar surface area (TPSA) is 37.8 Å². The Bertz CT molecular complexity index is 578. The minimum absolute atomic E-state index is 0.821. The first-order valence-corrected chi connectivity index (χ1v) is 6.91. The van der Waals surface area contributed by atoms with Crippen LogP contribution in [0.15, 0.2) is 30.6 Å². The number of aryl methyl sites for hydroxylation is 3. The van der Waals surface area contributed by atoms with Crippen molar-refractivity contribution in [1.29, 1.82) is 0 Å². The van der Waals surface area contributed by atoms with Crippen LogP contribution in [0.4, 0.5) is 0 Å². The molecular weight excluding hydrogens is 234 g/mol. The van der Waals surface area contributed by atoms with Gasteiger partial charge in [0.2, 0.25) is 0 Å². The third-order valence-corrected chi connectivity index (χ3v) is 3.75. The van der Waals surface area contributed by atoms with Gasteiger partial charge in [-0.05, 0) is 55.0 Å². The zero-order valence-electron chi connectivity index (χ0n) is 11.3. The summed E-state index contributed by atoms with van der Waals surface area (Å²) in [6, 6.07) is 6.43. The van der Waals surface area contributed by atoms with Crippen LogP contribution in [0, 0.1) is 6.92 Å². The van der Waals surface area contributed by atoms with Crippen molar-refractivity contribution in [3.8, 4) is 0 Å². The van der Waals surface area contributed by atoms with Crippen LogP contribution in [0.25, 0.3) is 0 Å². The molecule has 98 valence electrons. The summed E-state index contributed by atoms with van der Waals surface area (Å²) in [5.41, 5.74) is 6.42. The monoisotopic (exact) mass is 253 g/mol. The van der Waals surface area contributed by atoms with Gasteiger partial charge >= 0.3 is 0 Å². The molecule has 0 unspecified atom stereocenters. The number of pyridine rings is 2. The Labute approximate surface area is 114 Å². The van der Waals surface area contributed by atoms with Gasteiger partial charge in [0, 0.05) is 31.2 Å². The van der Waals surface area contributed by atoms with Gasteiger partial charge in [-0.3, -0.25) is 9.97 Å². The van der Waals surface area contributed by atoms with Crippen LogP contribution in [0.1, 0.15) is 34.5 Å². The van der Waals surface area contributed by atoms with Crippen molar-refractivity contribution in [1.82, 2.24) is 15.3 Å². The minimum atomic E-state index is 0.821. The van der Waals surface area contributed by atoms with E-state index < -0.39 is 0 Å². The standard InChI is InChI=1S/C16H19N3/c1-12-7-8-17-9-14(12)10-18-11-15-6-5-13-3-2-4-16(13)19-15/h5-9,18H,2-4,10-11H2,1H3. The molecule has 0 saturated carbocycles. The van der Waals surface area contributed by atoms with E-state index in [4.69, 9.17) is 4.98 Å². The lowest BCUT2D eigenvalue weighted by atomic mass is 10.1. The van der Waals surface area contributed by atoms with Crippen LogP contribution >= 0.6 is 0 Å². The molecule has 0 bridgehead atoms. The molecule has 0 atom stereocenters. The van der Waals surface area contributed by atoms with Gasteiger partial charge in [0.15, 0.2) is 0 Å². The number of nitrogens with zero attached hydrogens (tertiary/aromatic N) is 2. The first-order chi connectivity index (χ1) is 9.33. The number of aromatic nitrogens is 2. The summed E-state index contributed by atoms with van der Waals surface area (Å²) in [5, 5.41) is 3.45. The lowest BCUT2D eigenvalue weighted by Crippen LogP contribution is -2.15. The average Bonchev–Trinajstić information content (AvgIpc) is 2.88. The van der Waals surface area contributed by atoms with Crippen molar-refractivity contribution < 1.29 is 0 Å². The summed E-state index contributed by atoms with van der Waals surface area (Å²) in [4.78, 5) is 8.89. The molecule has 0 fully saturated rings. The van der Waals surface area contributed by atoms with E-state index in [9.17, 15) is 0 Å². The quantitative estimate of drug-likeness (QED) is 0.910. The number of nitrogens with one attached hydrogen (secondary N) is 1. The summed E-state index contributed by atoms with van der Waals surface area (Å²) in [6.07, 6.45) is 7.36. The minimum Gasteiger partial charge on any atom is -0.307 e. The largest absolute Gasteiger partial charge is 0.307 e. The zero-order valence-corrected chi connectivity index (χ0v) is 11.3. The van der Waals surface area contributed by atoms with E-state index in [1.54, 1.807) is 0 Å². The molecule has 0 saturated heterocycles. The Hall–Kier alpha value is -1.74. The number of hydrogen-bond donors (Lipinski definition) is 1. The highest BCUT2D eigenvalue weighted by Crippen LogP contribution is 2.19. The summed E-state index contributed by atoms with van der Waals surface area (Å²) in [7, 11) is 0. The fourth-order valence-electron chi connectivity index (χ4n) is 2.57. The fraction of sp³-hybridized carbons (Fsp3) is 0.375. The molecule has 0 amide bonds. The second kappa shape index (κ2) is 5.49. The highest BCUT2D eigenvalue weighted by Gasteiger charge is 2.12. The number of fused-ring (bicyclic) bond motifs is 1. The predicted octanol–water partition coefficient (Wildman–Crippen LogP) is 2.56. The molecule has 0 aromatic carbocycles. The molecule has 3 nitrogen and oxygen atoms in total. The van der Waals surface area contributed by atoms with Crippen LogP contribution < -0.4 is 5.32 Å². The van der Waals surface area contributed by atoms with Crippen molar-refractivity contribution in [2.45, 2.75) is 39.3 Å². The Kier molecular flexibility index (Phi) is 3.56. The molecule has 1 aliphatic carbocycles. The molecule has 2 aromatic rings. The first-order valence-electron chi connectivity index (χ1n) is 6.91. The van der Waals surface area contributed by atoms with Crippen LogP contribution in [-0.4, -0.2) is 9.97 Å². The van der Waals surface area contributed by atoms with Crippen LogP contribution in [0.3, 0.4) is 0 Å². The maximum Gasteiger partial charge on any atom is 0.0545 e. The smallest absolute Gasteiger partial charge is 0.0545 e. The highest BCUT2D eigenvalue weighted by molar-refractivity contribution is 5.27. The number of rotatable bonds is 4. The Morgan fingerprint density at radius 1 is 1.16 bits per heavy atom. The van der Waals surface area contributed by atoms with Crippen LogP contribution in [-0.2, 0) is 25.9 Å². The third kappa shape index (κ3) is 2.82. The molecule has 3 rings (SSSR count). The molecule has 19 heavy (non-hydrogen) atoms. The van der Waals surface area contributed by atoms with Crippen LogP contribution in [0.2, 0.25) is 0 Å². The predicted molar refractivity (Wildman–Crippen MR) is 75.8 cm³/mol. The van der Waals surface area contributed by atoms with Crippen molar-refractivity contribution in [3.63, 3.8) is 0 Å². The Balaban J connectivity index is 1.59. The Morgan fingerprint density at radius 2 is 2.11 bits per heavy atom. The molecule has 3 heteroatoms. The van der Waals surface area contributed by atoms with Gasteiger partial charge in [0.1, 0.15) is 0 Å². The van der Waals surface area contributed by atoms with Crippen molar-refractivity contribution >= 4 is 0 Å². The average molecular weight is 253 g/mol. The fourth-order valence-corrected chi connectivity index (χ4v) is 2.57. The SMILES string of the molecule is Cc1ccncc1CNCc1ccc2c(n1)CCC2.